The van der Waals surface area contributed by atoms with E-state index in [9.17, 15) is 0 Å². The van der Waals surface area contributed by atoms with Crippen molar-refractivity contribution in [3.8, 4) is 0 Å². The molecule has 18 heavy (non-hydrogen) atoms. The molecule has 2 saturated carbocycles. The topological polar surface area (TPSA) is 15.3 Å². The fourth-order valence-electron chi connectivity index (χ4n) is 4.23. The second-order valence-electron chi connectivity index (χ2n) is 6.71. The van der Waals surface area contributed by atoms with Crippen molar-refractivity contribution in [2.75, 3.05) is 20.6 Å². The highest BCUT2D eigenvalue weighted by Gasteiger charge is 2.29. The Morgan fingerprint density at radius 3 is 2.28 bits per heavy atom. The Morgan fingerprint density at radius 2 is 1.67 bits per heavy atom. The van der Waals surface area contributed by atoms with Gasteiger partial charge in [-0.1, -0.05) is 32.6 Å². The number of hydrogen-bond donors (Lipinski definition) is 1. The molecule has 2 aliphatic carbocycles. The van der Waals surface area contributed by atoms with Gasteiger partial charge >= 0.3 is 0 Å². The van der Waals surface area contributed by atoms with Crippen molar-refractivity contribution in [2.24, 2.45) is 11.8 Å². The zero-order chi connectivity index (χ0) is 13.0. The van der Waals surface area contributed by atoms with Gasteiger partial charge in [0.05, 0.1) is 0 Å². The molecule has 0 aromatic heterocycles. The number of nitrogens with zero attached hydrogens (tertiary/aromatic N) is 1. The van der Waals surface area contributed by atoms with Gasteiger partial charge in [-0.05, 0) is 51.6 Å². The Kier molecular flexibility index (Phi) is 5.50. The molecule has 0 saturated heterocycles. The van der Waals surface area contributed by atoms with Crippen LogP contribution in [0.25, 0.3) is 0 Å². The maximum Gasteiger partial charge on any atom is 0.0220 e. The molecule has 0 aliphatic heterocycles. The van der Waals surface area contributed by atoms with Gasteiger partial charge in [-0.2, -0.15) is 0 Å². The Bertz CT molecular complexity index is 235. The third-order valence-electron chi connectivity index (χ3n) is 5.46. The van der Waals surface area contributed by atoms with Gasteiger partial charge < -0.3 is 10.2 Å². The van der Waals surface area contributed by atoms with E-state index in [2.05, 4.69) is 31.2 Å². The van der Waals surface area contributed by atoms with Crippen LogP contribution in [-0.2, 0) is 0 Å². The molecule has 2 heteroatoms. The Hall–Kier alpha value is -0.0800. The normalized spacial score (nSPS) is 32.0. The van der Waals surface area contributed by atoms with E-state index >= 15 is 0 Å². The van der Waals surface area contributed by atoms with Gasteiger partial charge in [0.2, 0.25) is 0 Å². The summed E-state index contributed by atoms with van der Waals surface area (Å²) in [4.78, 5) is 2.66. The molecule has 0 bridgehead atoms. The molecule has 0 radical (unpaired) electrons. The maximum atomic E-state index is 3.59. The van der Waals surface area contributed by atoms with Gasteiger partial charge in [0.1, 0.15) is 0 Å². The van der Waals surface area contributed by atoms with Crippen LogP contribution in [0.1, 0.15) is 58.3 Å². The summed E-state index contributed by atoms with van der Waals surface area (Å²) in [6.07, 6.45) is 11.5. The minimum absolute atomic E-state index is 0.714. The smallest absolute Gasteiger partial charge is 0.0220 e. The van der Waals surface area contributed by atoms with Gasteiger partial charge in [0.15, 0.2) is 0 Å². The van der Waals surface area contributed by atoms with Gasteiger partial charge in [-0.25, -0.2) is 0 Å². The van der Waals surface area contributed by atoms with Crippen LogP contribution in [0.4, 0.5) is 0 Å². The van der Waals surface area contributed by atoms with Gasteiger partial charge in [-0.15, -0.1) is 0 Å². The summed E-state index contributed by atoms with van der Waals surface area (Å²) in [5.41, 5.74) is 0. The van der Waals surface area contributed by atoms with E-state index in [0.29, 0.717) is 6.04 Å². The summed E-state index contributed by atoms with van der Waals surface area (Å²) in [6.45, 7) is 3.69. The minimum atomic E-state index is 0.714. The van der Waals surface area contributed by atoms with Crippen molar-refractivity contribution < 1.29 is 0 Å². The lowest BCUT2D eigenvalue weighted by molar-refractivity contribution is 0.118. The molecule has 2 nitrogen and oxygen atoms in total. The predicted molar refractivity (Wildman–Crippen MR) is 78.9 cm³/mol. The van der Waals surface area contributed by atoms with Crippen LogP contribution >= 0.6 is 0 Å². The van der Waals surface area contributed by atoms with E-state index in [1.165, 1.54) is 57.9 Å². The molecule has 0 amide bonds. The molecular formula is C16H32N2. The second kappa shape index (κ2) is 6.91. The molecule has 0 aromatic rings. The summed E-state index contributed by atoms with van der Waals surface area (Å²) in [5, 5.41) is 3.59. The van der Waals surface area contributed by atoms with Crippen LogP contribution in [-0.4, -0.2) is 37.6 Å². The Balaban J connectivity index is 1.85. The third kappa shape index (κ3) is 3.48. The first-order valence-corrected chi connectivity index (χ1v) is 8.10. The molecule has 2 fully saturated rings. The standard InChI is InChI=1S/C16H32N2/c1-13-8-4-7-11-16(13)18(3)12-15(17-2)14-9-5-6-10-14/h13-17H,4-12H2,1-3H3. The van der Waals surface area contributed by atoms with Crippen LogP contribution in [0.5, 0.6) is 0 Å². The third-order valence-corrected chi connectivity index (χ3v) is 5.46. The fourth-order valence-corrected chi connectivity index (χ4v) is 4.23. The van der Waals surface area contributed by atoms with Crippen LogP contribution in [0.2, 0.25) is 0 Å². The van der Waals surface area contributed by atoms with Gasteiger partial charge in [0.25, 0.3) is 0 Å². The first kappa shape index (κ1) is 14.3. The van der Waals surface area contributed by atoms with Crippen molar-refractivity contribution in [2.45, 2.75) is 70.4 Å². The summed E-state index contributed by atoms with van der Waals surface area (Å²) in [6, 6.07) is 1.54. The van der Waals surface area contributed by atoms with Crippen LogP contribution in [0.15, 0.2) is 0 Å². The second-order valence-corrected chi connectivity index (χ2v) is 6.71. The van der Waals surface area contributed by atoms with E-state index in [1.807, 2.05) is 0 Å². The molecule has 2 rings (SSSR count). The summed E-state index contributed by atoms with van der Waals surface area (Å²) >= 11 is 0. The summed E-state index contributed by atoms with van der Waals surface area (Å²) in [5.74, 6) is 1.82. The Morgan fingerprint density at radius 1 is 1.06 bits per heavy atom. The average Bonchev–Trinajstić information content (AvgIpc) is 2.90. The van der Waals surface area contributed by atoms with Crippen LogP contribution in [0.3, 0.4) is 0 Å². The molecule has 3 unspecified atom stereocenters. The monoisotopic (exact) mass is 252 g/mol. The van der Waals surface area contributed by atoms with E-state index < -0.39 is 0 Å². The van der Waals surface area contributed by atoms with E-state index in [4.69, 9.17) is 0 Å². The largest absolute Gasteiger partial charge is 0.315 e. The molecule has 3 atom stereocenters. The van der Waals surface area contributed by atoms with Crippen LogP contribution < -0.4 is 5.32 Å². The molecule has 106 valence electrons. The van der Waals surface area contributed by atoms with E-state index in [-0.39, 0.29) is 0 Å². The van der Waals surface area contributed by atoms with Crippen LogP contribution in [0, 0.1) is 11.8 Å². The summed E-state index contributed by atoms with van der Waals surface area (Å²) < 4.78 is 0. The quantitative estimate of drug-likeness (QED) is 0.808. The first-order valence-electron chi connectivity index (χ1n) is 8.10. The minimum Gasteiger partial charge on any atom is -0.315 e. The lowest BCUT2D eigenvalue weighted by atomic mass is 9.84. The van der Waals surface area contributed by atoms with Crippen molar-refractivity contribution in [1.82, 2.24) is 10.2 Å². The van der Waals surface area contributed by atoms with Gasteiger partial charge in [0, 0.05) is 18.6 Å². The number of nitrogens with one attached hydrogen (secondary N) is 1. The molecule has 0 aromatic carbocycles. The average molecular weight is 252 g/mol. The van der Waals surface area contributed by atoms with Crippen molar-refractivity contribution in [3.05, 3.63) is 0 Å². The number of likely N-dealkylation sites (N-methyl/N-ethyl adjacent to an activating group) is 2. The van der Waals surface area contributed by atoms with E-state index in [0.717, 1.165) is 17.9 Å². The zero-order valence-corrected chi connectivity index (χ0v) is 12.6. The highest BCUT2D eigenvalue weighted by atomic mass is 15.2. The Labute approximate surface area is 114 Å². The highest BCUT2D eigenvalue weighted by molar-refractivity contribution is 4.86. The highest BCUT2D eigenvalue weighted by Crippen LogP contribution is 2.30. The van der Waals surface area contributed by atoms with Crippen molar-refractivity contribution >= 4 is 0 Å². The molecule has 2 aliphatic rings. The molecule has 0 spiro atoms. The summed E-state index contributed by atoms with van der Waals surface area (Å²) in [7, 11) is 4.51. The van der Waals surface area contributed by atoms with E-state index in [1.54, 1.807) is 0 Å². The molecule has 1 N–H and O–H groups in total. The number of hydrogen-bond acceptors (Lipinski definition) is 2. The first-order chi connectivity index (χ1) is 8.72. The van der Waals surface area contributed by atoms with Crippen molar-refractivity contribution in [3.63, 3.8) is 0 Å². The fraction of sp³-hybridized carbons (Fsp3) is 1.00. The maximum absolute atomic E-state index is 3.59. The zero-order valence-electron chi connectivity index (χ0n) is 12.6. The lowest BCUT2D eigenvalue weighted by Crippen LogP contribution is -2.48. The van der Waals surface area contributed by atoms with Crippen molar-refractivity contribution in [1.29, 1.82) is 0 Å². The predicted octanol–water partition coefficient (Wildman–Crippen LogP) is 3.28. The molecular weight excluding hydrogens is 220 g/mol. The lowest BCUT2D eigenvalue weighted by Gasteiger charge is -2.39. The van der Waals surface area contributed by atoms with Gasteiger partial charge in [-0.3, -0.25) is 0 Å². The number of rotatable bonds is 5. The SMILES string of the molecule is CNC(CN(C)C1CCCCC1C)C1CCCC1. The molecule has 0 heterocycles.